The molecule has 7 heteroatoms. The molecule has 2 N–H and O–H groups in total. The summed E-state index contributed by atoms with van der Waals surface area (Å²) in [5, 5.41) is 23.0. The molecule has 11 rings (SSSR count). The summed E-state index contributed by atoms with van der Waals surface area (Å²) in [5.41, 5.74) is 14.4. The van der Waals surface area contributed by atoms with Crippen molar-refractivity contribution in [2.75, 3.05) is 0 Å². The zero-order valence-electron chi connectivity index (χ0n) is 36.4. The van der Waals surface area contributed by atoms with Crippen LogP contribution in [0, 0.1) is 5.41 Å². The van der Waals surface area contributed by atoms with Crippen LogP contribution in [0.15, 0.2) is 218 Å². The Morgan fingerprint density at radius 3 is 0.892 bits per heavy atom. The number of pyridine rings is 4. The fourth-order valence-corrected chi connectivity index (χ4v) is 8.29. The van der Waals surface area contributed by atoms with Gasteiger partial charge in [0.2, 0.25) is 0 Å². The van der Waals surface area contributed by atoms with E-state index >= 15 is 0 Å². The summed E-state index contributed by atoms with van der Waals surface area (Å²) in [5.74, 6) is 0. The molecule has 6 aromatic carbocycles. The first-order valence-electron chi connectivity index (χ1n) is 21.6. The van der Waals surface area contributed by atoms with Crippen molar-refractivity contribution in [1.82, 2.24) is 19.9 Å². The van der Waals surface area contributed by atoms with Crippen LogP contribution in [0.5, 0.6) is 0 Å². The summed E-state index contributed by atoms with van der Waals surface area (Å²) in [4.78, 5) is 18.7. The van der Waals surface area contributed by atoms with E-state index in [2.05, 4.69) is 186 Å². The predicted octanol–water partition coefficient (Wildman–Crippen LogP) is 13.5. The predicted molar refractivity (Wildman–Crippen MR) is 265 cm³/mol. The van der Waals surface area contributed by atoms with Gasteiger partial charge in [0.25, 0.3) is 0 Å². The Balaban J connectivity index is 0.000000141. The van der Waals surface area contributed by atoms with Gasteiger partial charge in [-0.25, -0.2) is 0 Å². The Morgan fingerprint density at radius 1 is 0.369 bits per heavy atom. The number of nitrogens with zero attached hydrogens (tertiary/aromatic N) is 4. The van der Waals surface area contributed by atoms with Gasteiger partial charge in [-0.05, 0) is 85.8 Å². The number of hydrogen-bond donors (Lipinski definition) is 2. The van der Waals surface area contributed by atoms with Crippen LogP contribution in [0.2, 0.25) is 0 Å². The molecule has 2 unspecified atom stereocenters. The SMILES string of the molecule is CC(C)(C)C1=CC(O)C(O)C=C1.[Ru].c1ccc(-c2ccnc3c2ccc2c(-c4ccccc4)ccnc23)cc1.c1ccc(-c2ccnc3c2ccc2c(-c4ccccc4)ccnc23)cc1. The first-order valence-corrected chi connectivity index (χ1v) is 21.6. The van der Waals surface area contributed by atoms with Gasteiger partial charge in [0.05, 0.1) is 22.1 Å². The molecular weight excluding hydrogens is 886 g/mol. The average Bonchev–Trinajstić information content (AvgIpc) is 3.35. The van der Waals surface area contributed by atoms with Gasteiger partial charge in [-0.3, -0.25) is 19.9 Å². The van der Waals surface area contributed by atoms with Crippen molar-refractivity contribution < 1.29 is 29.7 Å². The summed E-state index contributed by atoms with van der Waals surface area (Å²) in [6.45, 7) is 6.23. The van der Waals surface area contributed by atoms with Gasteiger partial charge in [0.15, 0.2) is 0 Å². The third-order valence-electron chi connectivity index (χ3n) is 11.6. The van der Waals surface area contributed by atoms with Crippen LogP contribution in [0.25, 0.3) is 88.1 Å². The van der Waals surface area contributed by atoms with E-state index in [0.29, 0.717) is 0 Å². The van der Waals surface area contributed by atoms with Crippen LogP contribution >= 0.6 is 0 Å². The van der Waals surface area contributed by atoms with E-state index in [1.54, 1.807) is 12.2 Å². The van der Waals surface area contributed by atoms with Crippen molar-refractivity contribution in [1.29, 1.82) is 0 Å². The molecule has 320 valence electrons. The molecule has 65 heavy (non-hydrogen) atoms. The Labute approximate surface area is 392 Å². The van der Waals surface area contributed by atoms with Gasteiger partial charge < -0.3 is 10.2 Å². The van der Waals surface area contributed by atoms with E-state index in [1.165, 1.54) is 44.5 Å². The molecule has 0 amide bonds. The normalized spacial score (nSPS) is 14.4. The summed E-state index contributed by atoms with van der Waals surface area (Å²) < 4.78 is 0. The van der Waals surface area contributed by atoms with Gasteiger partial charge in [0, 0.05) is 65.8 Å². The molecule has 0 saturated carbocycles. The number of fused-ring (bicyclic) bond motifs is 6. The van der Waals surface area contributed by atoms with Crippen molar-refractivity contribution in [2.24, 2.45) is 5.41 Å². The maximum absolute atomic E-state index is 9.33. The van der Waals surface area contributed by atoms with Crippen LogP contribution in [0.1, 0.15) is 20.8 Å². The van der Waals surface area contributed by atoms with Gasteiger partial charge in [-0.2, -0.15) is 0 Å². The molecule has 0 spiro atoms. The zero-order chi connectivity index (χ0) is 44.0. The van der Waals surface area contributed by atoms with Crippen molar-refractivity contribution in [3.8, 4) is 44.5 Å². The molecule has 0 radical (unpaired) electrons. The minimum atomic E-state index is -0.746. The first-order chi connectivity index (χ1) is 31.2. The van der Waals surface area contributed by atoms with Crippen molar-refractivity contribution in [3.63, 3.8) is 0 Å². The molecule has 4 heterocycles. The van der Waals surface area contributed by atoms with E-state index < -0.39 is 12.2 Å². The Bertz CT molecular complexity index is 2890. The van der Waals surface area contributed by atoms with Gasteiger partial charge in [-0.15, -0.1) is 0 Å². The molecule has 10 aromatic rings. The fraction of sp³-hybridized carbons (Fsp3) is 0.103. The molecular formula is C58H48N4O2Ru. The van der Waals surface area contributed by atoms with Gasteiger partial charge in [0.1, 0.15) is 12.2 Å². The molecule has 2 atom stereocenters. The Hall–Kier alpha value is -7.02. The number of allylic oxidation sites excluding steroid dienone is 2. The smallest absolute Gasteiger partial charge is 0.102 e. The maximum Gasteiger partial charge on any atom is 0.102 e. The minimum Gasteiger partial charge on any atom is -0.386 e. The van der Waals surface area contributed by atoms with Gasteiger partial charge >= 0.3 is 0 Å². The number of hydrogen-bond acceptors (Lipinski definition) is 6. The second kappa shape index (κ2) is 19.8. The molecule has 4 aromatic heterocycles. The molecule has 0 saturated heterocycles. The van der Waals surface area contributed by atoms with Crippen molar-refractivity contribution in [3.05, 3.63) is 218 Å². The summed E-state index contributed by atoms with van der Waals surface area (Å²) in [7, 11) is 0. The van der Waals surface area contributed by atoms with Crippen LogP contribution in [0.3, 0.4) is 0 Å². The monoisotopic (exact) mass is 934 g/mol. The number of aliphatic hydroxyl groups excluding tert-OH is 2. The average molecular weight is 934 g/mol. The van der Waals surface area contributed by atoms with Crippen LogP contribution in [-0.2, 0) is 19.5 Å². The largest absolute Gasteiger partial charge is 0.386 e. The molecule has 0 aliphatic heterocycles. The molecule has 0 fully saturated rings. The second-order valence-electron chi connectivity index (χ2n) is 16.8. The topological polar surface area (TPSA) is 92.0 Å². The maximum atomic E-state index is 9.33. The van der Waals surface area contributed by atoms with Crippen molar-refractivity contribution in [2.45, 2.75) is 33.0 Å². The summed E-state index contributed by atoms with van der Waals surface area (Å²) in [6.07, 6.45) is 11.2. The second-order valence-corrected chi connectivity index (χ2v) is 16.8. The van der Waals surface area contributed by atoms with Crippen LogP contribution in [0.4, 0.5) is 0 Å². The van der Waals surface area contributed by atoms with E-state index in [0.717, 1.165) is 49.2 Å². The summed E-state index contributed by atoms with van der Waals surface area (Å²) >= 11 is 0. The molecule has 1 aliphatic carbocycles. The summed E-state index contributed by atoms with van der Waals surface area (Å²) in [6, 6.07) is 58.7. The molecule has 1 aliphatic rings. The van der Waals surface area contributed by atoms with E-state index in [4.69, 9.17) is 0 Å². The van der Waals surface area contributed by atoms with Crippen LogP contribution < -0.4 is 0 Å². The quantitative estimate of drug-likeness (QED) is 0.135. The van der Waals surface area contributed by atoms with Crippen LogP contribution in [-0.4, -0.2) is 42.4 Å². The zero-order valence-corrected chi connectivity index (χ0v) is 38.1. The third kappa shape index (κ3) is 9.60. The minimum absolute atomic E-state index is 0. The van der Waals surface area contributed by atoms with E-state index in [1.807, 2.05) is 55.1 Å². The molecule has 0 bridgehead atoms. The Morgan fingerprint density at radius 2 is 0.646 bits per heavy atom. The van der Waals surface area contributed by atoms with Crippen molar-refractivity contribution >= 4 is 43.6 Å². The van der Waals surface area contributed by atoms with Gasteiger partial charge in [-0.1, -0.05) is 179 Å². The van der Waals surface area contributed by atoms with E-state index in [9.17, 15) is 10.2 Å². The third-order valence-corrected chi connectivity index (χ3v) is 11.6. The number of benzene rings is 6. The fourth-order valence-electron chi connectivity index (χ4n) is 8.29. The standard InChI is InChI=1S/2C24H16N2.C10H16O2.Ru/c2*1-3-7-17(8-4-1)19-13-15-25-23-21(19)11-12-22-20(14-16-26-24(22)23)18-9-5-2-6-10-18;1-10(2,3)7-4-5-8(11)9(12)6-7;/h2*1-16H;4-6,8-9,11-12H,1-3H3;. The number of rotatable bonds is 4. The Kier molecular flexibility index (Phi) is 13.6. The number of aliphatic hydroxyl groups is 2. The van der Waals surface area contributed by atoms with E-state index in [-0.39, 0.29) is 24.9 Å². The number of aromatic nitrogens is 4. The molecule has 6 nitrogen and oxygen atoms in total. The first kappa shape index (κ1) is 44.6.